The maximum atomic E-state index is 10.9. The molecule has 1 fully saturated rings. The Kier molecular flexibility index (Phi) is 7.16. The first-order valence-corrected chi connectivity index (χ1v) is 6.59. The molecule has 1 unspecified atom stereocenters. The summed E-state index contributed by atoms with van der Waals surface area (Å²) in [5.74, 6) is 5.61. The van der Waals surface area contributed by atoms with Gasteiger partial charge in [-0.1, -0.05) is 6.42 Å². The highest BCUT2D eigenvalue weighted by Gasteiger charge is 2.20. The maximum Gasteiger partial charge on any atom is 0.233 e. The highest BCUT2D eigenvalue weighted by molar-refractivity contribution is 5.74. The summed E-state index contributed by atoms with van der Waals surface area (Å²) in [4.78, 5) is 13.3. The molecule has 0 aromatic heterocycles. The number of aliphatic hydroxyl groups is 1. The van der Waals surface area contributed by atoms with E-state index in [4.69, 9.17) is 10.9 Å². The monoisotopic (exact) mass is 243 g/mol. The van der Waals surface area contributed by atoms with Crippen molar-refractivity contribution in [3.63, 3.8) is 0 Å². The molecule has 0 aliphatic carbocycles. The van der Waals surface area contributed by atoms with Gasteiger partial charge in [0.2, 0.25) is 5.91 Å². The molecule has 1 aliphatic rings. The molecule has 0 aromatic carbocycles. The third-order valence-corrected chi connectivity index (χ3v) is 3.45. The van der Waals surface area contributed by atoms with Crippen LogP contribution in [0.2, 0.25) is 0 Å². The van der Waals surface area contributed by atoms with Crippen molar-refractivity contribution in [1.82, 2.24) is 10.3 Å². The second kappa shape index (κ2) is 8.44. The minimum atomic E-state index is -0.0748. The average molecular weight is 243 g/mol. The number of likely N-dealkylation sites (tertiary alicyclic amines) is 1. The summed E-state index contributed by atoms with van der Waals surface area (Å²) < 4.78 is 0. The molecule has 1 saturated heterocycles. The van der Waals surface area contributed by atoms with Crippen molar-refractivity contribution in [1.29, 1.82) is 0 Å². The minimum Gasteiger partial charge on any atom is -0.396 e. The standard InChI is InChI=1S/C12H25N3O2/c13-14-12(17)4-2-1-3-7-15-8-5-11(10-15)6-9-16/h11,16H,1-10,13H2,(H,14,17). The number of nitrogens with zero attached hydrogens (tertiary/aromatic N) is 1. The molecule has 0 aromatic rings. The van der Waals surface area contributed by atoms with E-state index < -0.39 is 0 Å². The molecule has 17 heavy (non-hydrogen) atoms. The topological polar surface area (TPSA) is 78.6 Å². The van der Waals surface area contributed by atoms with Crippen LogP contribution in [0.1, 0.15) is 38.5 Å². The number of rotatable bonds is 8. The Balaban J connectivity index is 1.95. The van der Waals surface area contributed by atoms with Gasteiger partial charge in [0.25, 0.3) is 0 Å². The van der Waals surface area contributed by atoms with Crippen molar-refractivity contribution in [2.75, 3.05) is 26.2 Å². The SMILES string of the molecule is NNC(=O)CCCCCN1CCC(CCO)C1. The van der Waals surface area contributed by atoms with Gasteiger partial charge in [-0.3, -0.25) is 10.2 Å². The Bertz CT molecular complexity index is 224. The number of unbranched alkanes of at least 4 members (excludes halogenated alkanes) is 2. The van der Waals surface area contributed by atoms with E-state index in [1.54, 1.807) is 0 Å². The number of hydrogen-bond acceptors (Lipinski definition) is 4. The third-order valence-electron chi connectivity index (χ3n) is 3.45. The van der Waals surface area contributed by atoms with E-state index in [0.29, 0.717) is 18.9 Å². The van der Waals surface area contributed by atoms with Crippen LogP contribution in [-0.4, -0.2) is 42.2 Å². The molecule has 4 N–H and O–H groups in total. The highest BCUT2D eigenvalue weighted by Crippen LogP contribution is 2.19. The van der Waals surface area contributed by atoms with Gasteiger partial charge in [0.05, 0.1) is 0 Å². The van der Waals surface area contributed by atoms with Crippen LogP contribution < -0.4 is 11.3 Å². The van der Waals surface area contributed by atoms with Crippen molar-refractivity contribution >= 4 is 5.91 Å². The molecule has 1 heterocycles. The van der Waals surface area contributed by atoms with E-state index in [-0.39, 0.29) is 5.91 Å². The van der Waals surface area contributed by atoms with Crippen molar-refractivity contribution in [2.45, 2.75) is 38.5 Å². The molecule has 0 spiro atoms. The van der Waals surface area contributed by atoms with E-state index >= 15 is 0 Å². The molecule has 1 rings (SSSR count). The zero-order valence-corrected chi connectivity index (χ0v) is 10.5. The van der Waals surface area contributed by atoms with E-state index in [2.05, 4.69) is 10.3 Å². The smallest absolute Gasteiger partial charge is 0.233 e. The highest BCUT2D eigenvalue weighted by atomic mass is 16.3. The molecule has 1 amide bonds. The Morgan fingerprint density at radius 1 is 1.41 bits per heavy atom. The second-order valence-electron chi connectivity index (χ2n) is 4.85. The fourth-order valence-electron chi connectivity index (χ4n) is 2.40. The van der Waals surface area contributed by atoms with Gasteiger partial charge in [-0.2, -0.15) is 0 Å². The fourth-order valence-corrected chi connectivity index (χ4v) is 2.40. The number of aliphatic hydroxyl groups excluding tert-OH is 1. The Morgan fingerprint density at radius 2 is 2.24 bits per heavy atom. The normalized spacial score (nSPS) is 20.7. The van der Waals surface area contributed by atoms with Crippen LogP contribution >= 0.6 is 0 Å². The Morgan fingerprint density at radius 3 is 2.94 bits per heavy atom. The van der Waals surface area contributed by atoms with Crippen LogP contribution in [0, 0.1) is 5.92 Å². The van der Waals surface area contributed by atoms with Gasteiger partial charge in [0.1, 0.15) is 0 Å². The van der Waals surface area contributed by atoms with E-state index in [0.717, 1.165) is 45.3 Å². The first-order valence-electron chi connectivity index (χ1n) is 6.59. The van der Waals surface area contributed by atoms with Gasteiger partial charge < -0.3 is 10.0 Å². The fraction of sp³-hybridized carbons (Fsp3) is 0.917. The van der Waals surface area contributed by atoms with Gasteiger partial charge in [0, 0.05) is 19.6 Å². The lowest BCUT2D eigenvalue weighted by atomic mass is 10.1. The summed E-state index contributed by atoms with van der Waals surface area (Å²) in [7, 11) is 0. The van der Waals surface area contributed by atoms with E-state index in [1.807, 2.05) is 0 Å². The molecule has 0 bridgehead atoms. The van der Waals surface area contributed by atoms with Crippen LogP contribution in [0.15, 0.2) is 0 Å². The molecule has 0 radical (unpaired) electrons. The molecule has 1 aliphatic heterocycles. The lowest BCUT2D eigenvalue weighted by Crippen LogP contribution is -2.29. The molecular formula is C12H25N3O2. The minimum absolute atomic E-state index is 0.0748. The summed E-state index contributed by atoms with van der Waals surface area (Å²) in [5.41, 5.74) is 2.14. The summed E-state index contributed by atoms with van der Waals surface area (Å²) in [6.45, 7) is 3.72. The van der Waals surface area contributed by atoms with Gasteiger partial charge >= 0.3 is 0 Å². The second-order valence-corrected chi connectivity index (χ2v) is 4.85. The van der Waals surface area contributed by atoms with Gasteiger partial charge in [0.15, 0.2) is 0 Å². The van der Waals surface area contributed by atoms with Crippen LogP contribution in [-0.2, 0) is 4.79 Å². The zero-order chi connectivity index (χ0) is 12.5. The van der Waals surface area contributed by atoms with Crippen molar-refractivity contribution in [3.05, 3.63) is 0 Å². The third kappa shape index (κ3) is 6.00. The predicted molar refractivity (Wildman–Crippen MR) is 67.0 cm³/mol. The average Bonchev–Trinajstić information content (AvgIpc) is 2.76. The quantitative estimate of drug-likeness (QED) is 0.247. The van der Waals surface area contributed by atoms with E-state index in [9.17, 15) is 4.79 Å². The van der Waals surface area contributed by atoms with Crippen LogP contribution in [0.5, 0.6) is 0 Å². The lowest BCUT2D eigenvalue weighted by molar-refractivity contribution is -0.121. The van der Waals surface area contributed by atoms with Gasteiger partial charge in [-0.25, -0.2) is 5.84 Å². The molecule has 5 nitrogen and oxygen atoms in total. The number of nitrogens with one attached hydrogen (secondary N) is 1. The predicted octanol–water partition coefficient (Wildman–Crippen LogP) is 0.241. The molecule has 100 valence electrons. The molecule has 5 heteroatoms. The first-order chi connectivity index (χ1) is 8.26. The molecular weight excluding hydrogens is 218 g/mol. The number of carbonyl (C=O) groups is 1. The van der Waals surface area contributed by atoms with Crippen molar-refractivity contribution < 1.29 is 9.90 Å². The Hall–Kier alpha value is -0.650. The number of hydrogen-bond donors (Lipinski definition) is 3. The summed E-state index contributed by atoms with van der Waals surface area (Å²) in [5, 5.41) is 8.87. The largest absolute Gasteiger partial charge is 0.396 e. The number of nitrogens with two attached hydrogens (primary N) is 1. The molecule has 0 saturated carbocycles. The number of hydrazine groups is 1. The van der Waals surface area contributed by atoms with E-state index in [1.165, 1.54) is 6.42 Å². The lowest BCUT2D eigenvalue weighted by Gasteiger charge is -2.15. The van der Waals surface area contributed by atoms with Crippen molar-refractivity contribution in [2.24, 2.45) is 11.8 Å². The van der Waals surface area contributed by atoms with Crippen LogP contribution in [0.4, 0.5) is 0 Å². The summed E-state index contributed by atoms with van der Waals surface area (Å²) >= 11 is 0. The summed E-state index contributed by atoms with van der Waals surface area (Å²) in [6.07, 6.45) is 5.82. The molecule has 1 atom stereocenters. The number of carbonyl (C=O) groups excluding carboxylic acids is 1. The van der Waals surface area contributed by atoms with Crippen molar-refractivity contribution in [3.8, 4) is 0 Å². The van der Waals surface area contributed by atoms with Gasteiger partial charge in [-0.05, 0) is 44.7 Å². The summed E-state index contributed by atoms with van der Waals surface area (Å²) in [6, 6.07) is 0. The Labute approximate surface area is 103 Å². The van der Waals surface area contributed by atoms with Gasteiger partial charge in [-0.15, -0.1) is 0 Å². The number of amides is 1. The van der Waals surface area contributed by atoms with Crippen LogP contribution in [0.25, 0.3) is 0 Å². The first kappa shape index (κ1) is 14.4. The van der Waals surface area contributed by atoms with Crippen LogP contribution in [0.3, 0.4) is 0 Å². The maximum absolute atomic E-state index is 10.9. The zero-order valence-electron chi connectivity index (χ0n) is 10.5.